The first-order valence-corrected chi connectivity index (χ1v) is 11.7. The Balaban J connectivity index is 1.68. The van der Waals surface area contributed by atoms with Crippen LogP contribution >= 0.6 is 0 Å². The molecule has 2 fully saturated rings. The molecular weight excluding hydrogens is 365 g/mol. The minimum atomic E-state index is -2.89. The van der Waals surface area contributed by atoms with E-state index in [1.807, 2.05) is 13.0 Å². The van der Waals surface area contributed by atoms with Crippen molar-refractivity contribution >= 4 is 15.8 Å². The maximum absolute atomic E-state index is 13.9. The molecule has 2 aliphatic rings. The normalized spacial score (nSPS) is 24.1. The largest absolute Gasteiger partial charge is 0.354 e. The number of benzene rings is 1. The van der Waals surface area contributed by atoms with Crippen molar-refractivity contribution in [1.29, 1.82) is 0 Å². The van der Waals surface area contributed by atoms with Gasteiger partial charge in [0.1, 0.15) is 5.82 Å². The van der Waals surface area contributed by atoms with Gasteiger partial charge in [0.05, 0.1) is 17.5 Å². The van der Waals surface area contributed by atoms with Crippen LogP contribution < -0.4 is 10.6 Å². The molecule has 27 heavy (non-hydrogen) atoms. The molecule has 150 valence electrons. The number of hydrogen-bond acceptors (Lipinski definition) is 3. The van der Waals surface area contributed by atoms with E-state index in [0.29, 0.717) is 30.5 Å². The number of hydrogen-bond donors (Lipinski definition) is 2. The van der Waals surface area contributed by atoms with E-state index in [0.717, 1.165) is 18.4 Å². The highest BCUT2D eigenvalue weighted by atomic mass is 32.2. The molecule has 1 aromatic rings. The fourth-order valence-electron chi connectivity index (χ4n) is 3.80. The van der Waals surface area contributed by atoms with Crippen LogP contribution in [-0.4, -0.2) is 38.5 Å². The van der Waals surface area contributed by atoms with Crippen molar-refractivity contribution in [3.05, 3.63) is 35.1 Å². The molecule has 5 nitrogen and oxygen atoms in total. The topological polar surface area (TPSA) is 70.6 Å². The highest BCUT2D eigenvalue weighted by Gasteiger charge is 2.28. The second-order valence-corrected chi connectivity index (χ2v) is 10.2. The van der Waals surface area contributed by atoms with Crippen molar-refractivity contribution in [1.82, 2.24) is 10.6 Å². The number of guanidine groups is 1. The van der Waals surface area contributed by atoms with E-state index in [2.05, 4.69) is 15.6 Å². The fourth-order valence-corrected chi connectivity index (χ4v) is 5.65. The standard InChI is InChI=1S/C20H30FN3O2S/c1-14-7-8-17(11-19(14)21)15(2)23-20(24-18-5-3-4-6-18)22-12-16-9-10-27(25,26)13-16/h7-8,11,15-16,18H,3-6,9-10,12-13H2,1-2H3,(H2,22,23,24). The van der Waals surface area contributed by atoms with Crippen LogP contribution in [0.2, 0.25) is 0 Å². The Bertz CT molecular complexity index is 788. The number of aliphatic imine (C=N–C) groups is 1. The molecule has 0 bridgehead atoms. The zero-order chi connectivity index (χ0) is 19.4. The second-order valence-electron chi connectivity index (χ2n) is 7.96. The molecule has 1 saturated heterocycles. The minimum Gasteiger partial charge on any atom is -0.354 e. The smallest absolute Gasteiger partial charge is 0.191 e. The summed E-state index contributed by atoms with van der Waals surface area (Å²) < 4.78 is 37.2. The third kappa shape index (κ3) is 5.67. The number of nitrogens with zero attached hydrogens (tertiary/aromatic N) is 1. The summed E-state index contributed by atoms with van der Waals surface area (Å²) in [5, 5.41) is 6.86. The summed E-state index contributed by atoms with van der Waals surface area (Å²) in [5.41, 5.74) is 1.49. The van der Waals surface area contributed by atoms with Crippen LogP contribution in [0.1, 0.15) is 56.2 Å². The van der Waals surface area contributed by atoms with Crippen LogP contribution in [0.4, 0.5) is 4.39 Å². The number of rotatable bonds is 5. The number of aryl methyl sites for hydroxylation is 1. The van der Waals surface area contributed by atoms with Gasteiger partial charge in [0.15, 0.2) is 15.8 Å². The van der Waals surface area contributed by atoms with Crippen molar-refractivity contribution in [2.75, 3.05) is 18.1 Å². The summed E-state index contributed by atoms with van der Waals surface area (Å²) in [7, 11) is -2.89. The summed E-state index contributed by atoms with van der Waals surface area (Å²) in [5.74, 6) is 1.07. The van der Waals surface area contributed by atoms with Crippen molar-refractivity contribution in [3.63, 3.8) is 0 Å². The van der Waals surface area contributed by atoms with E-state index in [9.17, 15) is 12.8 Å². The van der Waals surface area contributed by atoms with Gasteiger partial charge >= 0.3 is 0 Å². The molecule has 0 amide bonds. The Morgan fingerprint density at radius 2 is 2.04 bits per heavy atom. The summed E-state index contributed by atoms with van der Waals surface area (Å²) in [6.07, 6.45) is 5.34. The summed E-state index contributed by atoms with van der Waals surface area (Å²) in [4.78, 5) is 4.68. The van der Waals surface area contributed by atoms with E-state index in [-0.39, 0.29) is 29.3 Å². The lowest BCUT2D eigenvalue weighted by Crippen LogP contribution is -2.43. The van der Waals surface area contributed by atoms with Crippen molar-refractivity contribution < 1.29 is 12.8 Å². The van der Waals surface area contributed by atoms with Crippen molar-refractivity contribution in [3.8, 4) is 0 Å². The van der Waals surface area contributed by atoms with Crippen LogP contribution in [0.25, 0.3) is 0 Å². The van der Waals surface area contributed by atoms with Gasteiger partial charge in [-0.1, -0.05) is 25.0 Å². The van der Waals surface area contributed by atoms with Crippen LogP contribution in [0.15, 0.2) is 23.2 Å². The maximum Gasteiger partial charge on any atom is 0.191 e. The van der Waals surface area contributed by atoms with Gasteiger partial charge in [-0.3, -0.25) is 4.99 Å². The Morgan fingerprint density at radius 1 is 1.30 bits per heavy atom. The van der Waals surface area contributed by atoms with Gasteiger partial charge in [-0.2, -0.15) is 0 Å². The molecule has 2 unspecified atom stereocenters. The third-order valence-corrected chi connectivity index (χ3v) is 7.42. The molecule has 0 spiro atoms. The van der Waals surface area contributed by atoms with E-state index in [4.69, 9.17) is 0 Å². The van der Waals surface area contributed by atoms with Gasteiger partial charge in [0.2, 0.25) is 0 Å². The third-order valence-electron chi connectivity index (χ3n) is 5.58. The van der Waals surface area contributed by atoms with E-state index >= 15 is 0 Å². The van der Waals surface area contributed by atoms with Gasteiger partial charge in [-0.25, -0.2) is 12.8 Å². The molecule has 1 aromatic carbocycles. The van der Waals surface area contributed by atoms with Crippen LogP contribution in [0.5, 0.6) is 0 Å². The number of halogens is 1. The Morgan fingerprint density at radius 3 is 2.67 bits per heavy atom. The quantitative estimate of drug-likeness (QED) is 0.594. The van der Waals surface area contributed by atoms with E-state index in [1.54, 1.807) is 19.1 Å². The Hall–Kier alpha value is -1.63. The van der Waals surface area contributed by atoms with Gasteiger partial charge < -0.3 is 10.6 Å². The summed E-state index contributed by atoms with van der Waals surface area (Å²) in [6, 6.07) is 5.56. The van der Waals surface area contributed by atoms with Gasteiger partial charge in [0.25, 0.3) is 0 Å². The molecule has 1 aliphatic heterocycles. The minimum absolute atomic E-state index is 0.0873. The van der Waals surface area contributed by atoms with Crippen LogP contribution in [0, 0.1) is 18.7 Å². The molecule has 1 saturated carbocycles. The Labute approximate surface area is 161 Å². The second kappa shape index (κ2) is 8.59. The Kier molecular flexibility index (Phi) is 6.40. The lowest BCUT2D eigenvalue weighted by Gasteiger charge is -2.22. The monoisotopic (exact) mass is 395 g/mol. The molecule has 1 aliphatic carbocycles. The van der Waals surface area contributed by atoms with Gasteiger partial charge in [-0.15, -0.1) is 0 Å². The van der Waals surface area contributed by atoms with Crippen LogP contribution in [-0.2, 0) is 9.84 Å². The molecule has 0 aromatic heterocycles. The van der Waals surface area contributed by atoms with Crippen molar-refractivity contribution in [2.45, 2.75) is 58.0 Å². The first-order valence-electron chi connectivity index (χ1n) is 9.86. The SMILES string of the molecule is Cc1ccc(C(C)NC(=NCC2CCS(=O)(=O)C2)NC2CCCC2)cc1F. The average Bonchev–Trinajstić information content (AvgIpc) is 3.24. The molecule has 2 N–H and O–H groups in total. The molecule has 0 radical (unpaired) electrons. The van der Waals surface area contributed by atoms with E-state index < -0.39 is 9.84 Å². The number of sulfone groups is 1. The van der Waals surface area contributed by atoms with Gasteiger partial charge in [-0.05, 0) is 56.2 Å². The molecule has 7 heteroatoms. The zero-order valence-electron chi connectivity index (χ0n) is 16.2. The highest BCUT2D eigenvalue weighted by Crippen LogP contribution is 2.21. The number of nitrogens with one attached hydrogen (secondary N) is 2. The molecule has 3 rings (SSSR count). The summed E-state index contributed by atoms with van der Waals surface area (Å²) >= 11 is 0. The molecule has 2 atom stereocenters. The summed E-state index contributed by atoms with van der Waals surface area (Å²) in [6.45, 7) is 4.23. The maximum atomic E-state index is 13.9. The zero-order valence-corrected chi connectivity index (χ0v) is 17.0. The first-order chi connectivity index (χ1) is 12.8. The van der Waals surface area contributed by atoms with Crippen molar-refractivity contribution in [2.24, 2.45) is 10.9 Å². The van der Waals surface area contributed by atoms with Crippen LogP contribution in [0.3, 0.4) is 0 Å². The lowest BCUT2D eigenvalue weighted by molar-refractivity contribution is 0.569. The first kappa shape index (κ1) is 20.1. The predicted octanol–water partition coefficient (Wildman–Crippen LogP) is 3.11. The fraction of sp³-hybridized carbons (Fsp3) is 0.650. The van der Waals surface area contributed by atoms with Gasteiger partial charge in [0, 0.05) is 12.6 Å². The highest BCUT2D eigenvalue weighted by molar-refractivity contribution is 7.91. The van der Waals surface area contributed by atoms with E-state index in [1.165, 1.54) is 12.8 Å². The average molecular weight is 396 g/mol. The molecule has 1 heterocycles. The lowest BCUT2D eigenvalue weighted by atomic mass is 10.1. The predicted molar refractivity (Wildman–Crippen MR) is 107 cm³/mol. The molecular formula is C20H30FN3O2S.